The highest BCUT2D eigenvalue weighted by atomic mass is 32.2. The van der Waals surface area contributed by atoms with Gasteiger partial charge in [0.25, 0.3) is 0 Å². The summed E-state index contributed by atoms with van der Waals surface area (Å²) in [5.74, 6) is -1.18. The van der Waals surface area contributed by atoms with Crippen LogP contribution in [0.15, 0.2) is 18.3 Å². The van der Waals surface area contributed by atoms with Crippen LogP contribution in [0, 0.1) is 18.8 Å². The van der Waals surface area contributed by atoms with Crippen LogP contribution in [0.2, 0.25) is 0 Å². The Labute approximate surface area is 146 Å². The Hall–Kier alpha value is -2.00. The SMILES string of the molecule is CSCC(C)C(=O)N(C(=O)O)c1sc(-c2cccnc2F)nc1C. The van der Waals surface area contributed by atoms with E-state index in [4.69, 9.17) is 0 Å². The molecule has 0 aliphatic heterocycles. The van der Waals surface area contributed by atoms with Crippen LogP contribution in [-0.2, 0) is 4.79 Å². The van der Waals surface area contributed by atoms with Gasteiger partial charge >= 0.3 is 6.09 Å². The smallest absolute Gasteiger partial charge is 0.419 e. The number of thioether (sulfide) groups is 1. The quantitative estimate of drug-likeness (QED) is 0.810. The molecule has 0 saturated heterocycles. The Kier molecular flexibility index (Phi) is 5.89. The molecule has 1 unspecified atom stereocenters. The average Bonchev–Trinajstić information content (AvgIpc) is 2.89. The Bertz CT molecular complexity index is 766. The van der Waals surface area contributed by atoms with E-state index in [0.717, 1.165) is 11.3 Å². The monoisotopic (exact) mass is 369 g/mol. The number of hydrogen-bond donors (Lipinski definition) is 1. The number of imide groups is 1. The third-order valence-electron chi connectivity index (χ3n) is 3.21. The van der Waals surface area contributed by atoms with Crippen molar-refractivity contribution < 1.29 is 19.1 Å². The predicted molar refractivity (Wildman–Crippen MR) is 93.1 cm³/mol. The molecule has 0 spiro atoms. The lowest BCUT2D eigenvalue weighted by atomic mass is 10.2. The molecular weight excluding hydrogens is 353 g/mol. The second-order valence-electron chi connectivity index (χ2n) is 5.06. The maximum Gasteiger partial charge on any atom is 0.419 e. The minimum absolute atomic E-state index is 0.173. The molecule has 0 aliphatic rings. The molecule has 2 heterocycles. The van der Waals surface area contributed by atoms with Gasteiger partial charge in [0, 0.05) is 17.9 Å². The number of aryl methyl sites for hydroxylation is 1. The van der Waals surface area contributed by atoms with Crippen LogP contribution >= 0.6 is 23.1 Å². The Morgan fingerprint density at radius 1 is 1.50 bits per heavy atom. The molecule has 1 N–H and O–H groups in total. The topological polar surface area (TPSA) is 83.4 Å². The van der Waals surface area contributed by atoms with Gasteiger partial charge in [-0.3, -0.25) is 4.79 Å². The predicted octanol–water partition coefficient (Wildman–Crippen LogP) is 3.66. The fourth-order valence-corrected chi connectivity index (χ4v) is 3.80. The lowest BCUT2D eigenvalue weighted by Gasteiger charge is -2.19. The molecule has 9 heteroatoms. The summed E-state index contributed by atoms with van der Waals surface area (Å²) in [6.07, 6.45) is 1.78. The zero-order valence-corrected chi connectivity index (χ0v) is 14.9. The van der Waals surface area contributed by atoms with Crippen LogP contribution in [0.4, 0.5) is 14.2 Å². The summed E-state index contributed by atoms with van der Waals surface area (Å²) in [7, 11) is 0. The van der Waals surface area contributed by atoms with E-state index in [1.165, 1.54) is 24.0 Å². The summed E-state index contributed by atoms with van der Waals surface area (Å²) >= 11 is 2.41. The normalized spacial score (nSPS) is 12.0. The number of halogens is 1. The van der Waals surface area contributed by atoms with Gasteiger partial charge in [-0.1, -0.05) is 18.3 Å². The molecule has 0 saturated carbocycles. The van der Waals surface area contributed by atoms with E-state index in [0.29, 0.717) is 16.3 Å². The first-order chi connectivity index (χ1) is 11.4. The van der Waals surface area contributed by atoms with Crippen LogP contribution in [-0.4, -0.2) is 39.1 Å². The van der Waals surface area contributed by atoms with Crippen molar-refractivity contribution in [1.29, 1.82) is 0 Å². The van der Waals surface area contributed by atoms with Crippen molar-refractivity contribution in [2.45, 2.75) is 13.8 Å². The Morgan fingerprint density at radius 2 is 2.21 bits per heavy atom. The molecule has 2 aromatic rings. The summed E-state index contributed by atoms with van der Waals surface area (Å²) < 4.78 is 13.8. The number of hydrogen-bond acceptors (Lipinski definition) is 6. The van der Waals surface area contributed by atoms with Crippen molar-refractivity contribution in [3.8, 4) is 10.6 Å². The molecule has 0 aliphatic carbocycles. The van der Waals surface area contributed by atoms with E-state index in [-0.39, 0.29) is 15.6 Å². The van der Waals surface area contributed by atoms with Gasteiger partial charge in [-0.05, 0) is 25.3 Å². The molecule has 2 amide bonds. The number of aromatic nitrogens is 2. The molecule has 0 radical (unpaired) electrons. The molecule has 128 valence electrons. The van der Waals surface area contributed by atoms with Crippen molar-refractivity contribution in [2.75, 3.05) is 16.9 Å². The van der Waals surface area contributed by atoms with Crippen LogP contribution in [0.5, 0.6) is 0 Å². The standard InChI is InChI=1S/C15H16FN3O3S2/c1-8(7-23-3)13(20)19(15(21)22)14-9(2)18-12(24-14)10-5-4-6-17-11(10)16/h4-6,8H,7H2,1-3H3,(H,21,22). The van der Waals surface area contributed by atoms with Gasteiger partial charge in [-0.15, -0.1) is 0 Å². The number of carboxylic acid groups (broad SMARTS) is 1. The zero-order valence-electron chi connectivity index (χ0n) is 13.3. The fourth-order valence-electron chi connectivity index (χ4n) is 2.08. The van der Waals surface area contributed by atoms with Crippen LogP contribution in [0.3, 0.4) is 0 Å². The van der Waals surface area contributed by atoms with Crippen LogP contribution in [0.25, 0.3) is 10.6 Å². The number of thiazole rings is 1. The third kappa shape index (κ3) is 3.73. The van der Waals surface area contributed by atoms with Crippen molar-refractivity contribution in [2.24, 2.45) is 5.92 Å². The number of carbonyl (C=O) groups is 2. The highest BCUT2D eigenvalue weighted by Crippen LogP contribution is 2.36. The Balaban J connectivity index is 2.44. The molecular formula is C15H16FN3O3S2. The molecule has 0 fully saturated rings. The van der Waals surface area contributed by atoms with E-state index < -0.39 is 23.9 Å². The van der Waals surface area contributed by atoms with Gasteiger partial charge in [0.05, 0.1) is 11.3 Å². The van der Waals surface area contributed by atoms with Gasteiger partial charge in [-0.2, -0.15) is 16.2 Å². The largest absolute Gasteiger partial charge is 0.464 e. The molecule has 2 rings (SSSR count). The maximum absolute atomic E-state index is 13.8. The van der Waals surface area contributed by atoms with Gasteiger partial charge in [0.2, 0.25) is 11.9 Å². The fraction of sp³-hybridized carbons (Fsp3) is 0.333. The highest BCUT2D eigenvalue weighted by Gasteiger charge is 2.31. The molecule has 0 aromatic carbocycles. The summed E-state index contributed by atoms with van der Waals surface area (Å²) in [5, 5.41) is 9.93. The van der Waals surface area contributed by atoms with E-state index in [2.05, 4.69) is 9.97 Å². The van der Waals surface area contributed by atoms with Crippen molar-refractivity contribution in [3.05, 3.63) is 30.0 Å². The number of rotatable bonds is 5. The van der Waals surface area contributed by atoms with Crippen LogP contribution < -0.4 is 4.90 Å². The summed E-state index contributed by atoms with van der Waals surface area (Å²) in [5.41, 5.74) is 0.525. The minimum Gasteiger partial charge on any atom is -0.464 e. The summed E-state index contributed by atoms with van der Waals surface area (Å²) in [4.78, 5) is 32.5. The average molecular weight is 369 g/mol. The third-order valence-corrected chi connectivity index (χ3v) is 5.22. The number of amides is 2. The molecule has 0 bridgehead atoms. The molecule has 2 aromatic heterocycles. The maximum atomic E-state index is 13.8. The Morgan fingerprint density at radius 3 is 2.79 bits per heavy atom. The van der Waals surface area contributed by atoms with E-state index in [9.17, 15) is 19.1 Å². The summed E-state index contributed by atoms with van der Waals surface area (Å²) in [6.45, 7) is 3.26. The minimum atomic E-state index is -1.38. The highest BCUT2D eigenvalue weighted by molar-refractivity contribution is 7.98. The first-order valence-electron chi connectivity index (χ1n) is 7.01. The van der Waals surface area contributed by atoms with Crippen molar-refractivity contribution in [3.63, 3.8) is 0 Å². The van der Waals surface area contributed by atoms with Gasteiger partial charge < -0.3 is 5.11 Å². The first kappa shape index (κ1) is 18.3. The van der Waals surface area contributed by atoms with E-state index >= 15 is 0 Å². The second-order valence-corrected chi connectivity index (χ2v) is 6.95. The zero-order chi connectivity index (χ0) is 17.9. The lowest BCUT2D eigenvalue weighted by Crippen LogP contribution is -2.40. The first-order valence-corrected chi connectivity index (χ1v) is 9.22. The number of nitrogens with zero attached hydrogens (tertiary/aromatic N) is 3. The second kappa shape index (κ2) is 7.71. The molecule has 24 heavy (non-hydrogen) atoms. The molecule has 6 nitrogen and oxygen atoms in total. The van der Waals surface area contributed by atoms with Gasteiger partial charge in [0.1, 0.15) is 10.0 Å². The van der Waals surface area contributed by atoms with Gasteiger partial charge in [-0.25, -0.2) is 19.7 Å². The molecule has 1 atom stereocenters. The van der Waals surface area contributed by atoms with E-state index in [1.54, 1.807) is 19.9 Å². The number of carbonyl (C=O) groups excluding carboxylic acids is 1. The number of pyridine rings is 1. The summed E-state index contributed by atoms with van der Waals surface area (Å²) in [6, 6.07) is 3.07. The lowest BCUT2D eigenvalue weighted by molar-refractivity contribution is -0.120. The van der Waals surface area contributed by atoms with Crippen LogP contribution in [0.1, 0.15) is 12.6 Å². The van der Waals surface area contributed by atoms with Crippen molar-refractivity contribution in [1.82, 2.24) is 9.97 Å². The van der Waals surface area contributed by atoms with Gasteiger partial charge in [0.15, 0.2) is 0 Å². The van der Waals surface area contributed by atoms with E-state index in [1.807, 2.05) is 6.26 Å². The number of anilines is 1. The van der Waals surface area contributed by atoms with Crippen molar-refractivity contribution >= 4 is 40.1 Å².